The molecular weight excluding hydrogens is 583 g/mol. The van der Waals surface area contributed by atoms with E-state index in [1.807, 2.05) is 13.0 Å². The number of carboxylic acid groups (broad SMARTS) is 1. The molecule has 2 aliphatic heterocycles. The third-order valence-corrected chi connectivity index (χ3v) is 9.53. The third kappa shape index (κ3) is 5.89. The van der Waals surface area contributed by atoms with E-state index in [0.29, 0.717) is 22.2 Å². The van der Waals surface area contributed by atoms with Crippen molar-refractivity contribution < 1.29 is 41.0 Å². The van der Waals surface area contributed by atoms with Crippen molar-refractivity contribution in [2.75, 3.05) is 24.1 Å². The molecular formula is C29H27ClF3NO6S. The van der Waals surface area contributed by atoms with Crippen molar-refractivity contribution >= 4 is 33.3 Å². The molecule has 0 amide bonds. The normalized spacial score (nSPS) is 18.9. The van der Waals surface area contributed by atoms with Crippen LogP contribution in [0.2, 0.25) is 5.02 Å². The highest BCUT2D eigenvalue weighted by Gasteiger charge is 2.45. The van der Waals surface area contributed by atoms with Crippen molar-refractivity contribution in [2.24, 2.45) is 5.41 Å². The molecule has 12 heteroatoms. The Kier molecular flexibility index (Phi) is 7.73. The van der Waals surface area contributed by atoms with Crippen LogP contribution in [0.3, 0.4) is 0 Å². The van der Waals surface area contributed by atoms with Gasteiger partial charge in [0.1, 0.15) is 11.9 Å². The average Bonchev–Trinajstić information content (AvgIpc) is 2.92. The van der Waals surface area contributed by atoms with Crippen LogP contribution in [0, 0.1) is 12.3 Å². The lowest BCUT2D eigenvalue weighted by Crippen LogP contribution is -2.48. The Morgan fingerprint density at radius 2 is 1.80 bits per heavy atom. The quantitative estimate of drug-likeness (QED) is 0.340. The van der Waals surface area contributed by atoms with Gasteiger partial charge in [0.15, 0.2) is 0 Å². The van der Waals surface area contributed by atoms with E-state index in [4.69, 9.17) is 21.1 Å². The van der Waals surface area contributed by atoms with Gasteiger partial charge in [0.2, 0.25) is 0 Å². The Labute approximate surface area is 240 Å². The number of rotatable bonds is 6. The maximum atomic E-state index is 14.0. The highest BCUT2D eigenvalue weighted by atomic mass is 35.5. The van der Waals surface area contributed by atoms with Crippen molar-refractivity contribution in [3.05, 3.63) is 76.8 Å². The Morgan fingerprint density at radius 3 is 2.46 bits per heavy atom. The van der Waals surface area contributed by atoms with Gasteiger partial charge in [-0.15, -0.1) is 0 Å². The first-order valence-corrected chi connectivity index (χ1v) is 14.7. The molecule has 218 valence electrons. The Balaban J connectivity index is 1.61. The van der Waals surface area contributed by atoms with Crippen LogP contribution in [0.5, 0.6) is 5.75 Å². The summed E-state index contributed by atoms with van der Waals surface area (Å²) in [6.07, 6.45) is -5.18. The number of benzene rings is 3. The summed E-state index contributed by atoms with van der Waals surface area (Å²) < 4.78 is 80.9. The smallest absolute Gasteiger partial charge is 0.416 e. The number of nitrogens with zero attached hydrogens (tertiary/aromatic N) is 1. The maximum absolute atomic E-state index is 14.0. The first-order valence-electron chi connectivity index (χ1n) is 12.9. The summed E-state index contributed by atoms with van der Waals surface area (Å²) in [5.41, 5.74) is 0.0504. The number of hydrogen-bond acceptors (Lipinski definition) is 5. The number of sulfonamides is 1. The minimum absolute atomic E-state index is 0.00498. The van der Waals surface area contributed by atoms with Crippen molar-refractivity contribution in [3.8, 4) is 16.9 Å². The summed E-state index contributed by atoms with van der Waals surface area (Å²) in [6, 6.07) is 13.8. The first-order chi connectivity index (χ1) is 19.3. The lowest BCUT2D eigenvalue weighted by molar-refractivity contribution is -0.157. The molecule has 0 spiro atoms. The van der Waals surface area contributed by atoms with Gasteiger partial charge >= 0.3 is 12.1 Å². The average molecular weight is 610 g/mol. The molecule has 1 unspecified atom stereocenters. The molecule has 0 aliphatic carbocycles. The lowest BCUT2D eigenvalue weighted by atomic mass is 9.75. The third-order valence-electron chi connectivity index (χ3n) is 7.54. The zero-order valence-electron chi connectivity index (χ0n) is 21.9. The van der Waals surface area contributed by atoms with Gasteiger partial charge in [-0.05, 0) is 78.9 Å². The predicted octanol–water partition coefficient (Wildman–Crippen LogP) is 6.56. The largest absolute Gasteiger partial charge is 0.486 e. The van der Waals surface area contributed by atoms with Crippen LogP contribution in [-0.2, 0) is 25.7 Å². The second-order valence-corrected chi connectivity index (χ2v) is 12.7. The molecule has 1 atom stereocenters. The Hall–Kier alpha value is -3.28. The number of alkyl halides is 3. The van der Waals surface area contributed by atoms with Crippen LogP contribution in [0.4, 0.5) is 18.9 Å². The fourth-order valence-corrected chi connectivity index (χ4v) is 7.23. The van der Waals surface area contributed by atoms with Gasteiger partial charge in [-0.1, -0.05) is 29.8 Å². The maximum Gasteiger partial charge on any atom is 0.416 e. The van der Waals surface area contributed by atoms with Crippen molar-refractivity contribution in [1.29, 1.82) is 0 Å². The van der Waals surface area contributed by atoms with Crippen LogP contribution in [-0.4, -0.2) is 45.4 Å². The number of ether oxygens (including phenoxy) is 2. The van der Waals surface area contributed by atoms with Gasteiger partial charge in [0.25, 0.3) is 10.0 Å². The molecule has 3 aromatic carbocycles. The number of halogens is 4. The molecule has 0 aromatic heterocycles. The molecule has 2 heterocycles. The number of fused-ring (bicyclic) bond motifs is 1. The molecule has 0 bridgehead atoms. The van der Waals surface area contributed by atoms with Gasteiger partial charge in [0, 0.05) is 24.7 Å². The van der Waals surface area contributed by atoms with E-state index < -0.39 is 44.1 Å². The summed E-state index contributed by atoms with van der Waals surface area (Å²) in [5, 5.41) is 10.6. The molecule has 1 saturated heterocycles. The van der Waals surface area contributed by atoms with Crippen LogP contribution in [0.15, 0.2) is 65.6 Å². The number of anilines is 1. The van der Waals surface area contributed by atoms with E-state index in [1.54, 1.807) is 30.3 Å². The fourth-order valence-electron chi connectivity index (χ4n) is 5.39. The number of carboxylic acids is 1. The SMILES string of the molecule is Cc1cc(Cl)cc(-c2ccc3c(c2)N(S(=O)(=O)c2cccc(C(F)(F)F)c2)CC(CC2(C(=O)O)CCOCC2)O3)c1. The molecule has 2 aliphatic rings. The van der Waals surface area contributed by atoms with E-state index in [2.05, 4.69) is 0 Å². The van der Waals surface area contributed by atoms with Crippen molar-refractivity contribution in [2.45, 2.75) is 43.4 Å². The van der Waals surface area contributed by atoms with Gasteiger partial charge < -0.3 is 14.6 Å². The van der Waals surface area contributed by atoms with Crippen LogP contribution in [0.25, 0.3) is 11.1 Å². The summed E-state index contributed by atoms with van der Waals surface area (Å²) in [4.78, 5) is 11.8. The molecule has 1 N–H and O–H groups in total. The number of hydrogen-bond donors (Lipinski definition) is 1. The second-order valence-electron chi connectivity index (χ2n) is 10.4. The highest BCUT2D eigenvalue weighted by Crippen LogP contribution is 2.44. The molecule has 5 rings (SSSR count). The monoisotopic (exact) mass is 609 g/mol. The summed E-state index contributed by atoms with van der Waals surface area (Å²) in [5.74, 6) is -0.860. The van der Waals surface area contributed by atoms with Crippen LogP contribution < -0.4 is 9.04 Å². The number of aryl methyl sites for hydroxylation is 1. The molecule has 0 radical (unpaired) electrons. The van der Waals surface area contributed by atoms with E-state index in [-0.39, 0.29) is 50.5 Å². The fraction of sp³-hybridized carbons (Fsp3) is 0.345. The van der Waals surface area contributed by atoms with E-state index in [9.17, 15) is 31.5 Å². The van der Waals surface area contributed by atoms with Crippen molar-refractivity contribution in [1.82, 2.24) is 0 Å². The van der Waals surface area contributed by atoms with Gasteiger partial charge in [-0.25, -0.2) is 8.42 Å². The summed E-state index contributed by atoms with van der Waals surface area (Å²) in [6.45, 7) is 2.05. The minimum Gasteiger partial charge on any atom is -0.486 e. The molecule has 0 saturated carbocycles. The predicted molar refractivity (Wildman–Crippen MR) is 147 cm³/mol. The first kappa shape index (κ1) is 29.2. The number of aliphatic carboxylic acids is 1. The van der Waals surface area contributed by atoms with Gasteiger partial charge in [-0.3, -0.25) is 9.10 Å². The minimum atomic E-state index is -4.74. The molecule has 1 fully saturated rings. The van der Waals surface area contributed by atoms with Crippen molar-refractivity contribution in [3.63, 3.8) is 0 Å². The Bertz CT molecular complexity index is 1570. The zero-order chi connectivity index (χ0) is 29.6. The lowest BCUT2D eigenvalue weighted by Gasteiger charge is -2.40. The topological polar surface area (TPSA) is 93.1 Å². The van der Waals surface area contributed by atoms with Crippen LogP contribution in [0.1, 0.15) is 30.4 Å². The molecule has 3 aromatic rings. The zero-order valence-corrected chi connectivity index (χ0v) is 23.5. The van der Waals surface area contributed by atoms with Gasteiger partial charge in [-0.2, -0.15) is 13.2 Å². The summed E-state index contributed by atoms with van der Waals surface area (Å²) >= 11 is 6.25. The molecule has 7 nitrogen and oxygen atoms in total. The molecule has 41 heavy (non-hydrogen) atoms. The van der Waals surface area contributed by atoms with E-state index in [1.165, 1.54) is 0 Å². The van der Waals surface area contributed by atoms with E-state index in [0.717, 1.165) is 28.1 Å². The summed E-state index contributed by atoms with van der Waals surface area (Å²) in [7, 11) is -4.53. The van der Waals surface area contributed by atoms with Crippen LogP contribution >= 0.6 is 11.6 Å². The highest BCUT2D eigenvalue weighted by molar-refractivity contribution is 7.92. The number of carbonyl (C=O) groups is 1. The second kappa shape index (κ2) is 10.8. The van der Waals surface area contributed by atoms with E-state index >= 15 is 0 Å². The standard InChI is InChI=1S/C29H27ClF3NO6S/c1-18-11-20(13-22(30)12-18)19-5-6-26-25(14-19)34(41(37,38)24-4-2-3-21(15-24)29(31,32)33)17-23(40-26)16-28(27(35)36)7-9-39-10-8-28/h2-6,11-15,23H,7-10,16-17H2,1H3,(H,35,36). The van der Waals surface area contributed by atoms with Gasteiger partial charge in [0.05, 0.1) is 28.1 Å². The Morgan fingerprint density at radius 1 is 1.07 bits per heavy atom.